The van der Waals surface area contributed by atoms with Gasteiger partial charge in [-0.1, -0.05) is 12.1 Å². The van der Waals surface area contributed by atoms with Gasteiger partial charge in [-0.05, 0) is 22.6 Å². The molecule has 0 unspecified atom stereocenters. The first-order chi connectivity index (χ1) is 9.34. The lowest BCUT2D eigenvalue weighted by Gasteiger charge is -2.08. The average molecular weight is 255 g/mol. The van der Waals surface area contributed by atoms with Crippen molar-refractivity contribution in [2.45, 2.75) is 0 Å². The molecule has 0 spiro atoms. The predicted molar refractivity (Wildman–Crippen MR) is 65.7 cm³/mol. The highest BCUT2D eigenvalue weighted by Crippen LogP contribution is 2.19. The molecule has 2 heterocycles. The summed E-state index contributed by atoms with van der Waals surface area (Å²) in [4.78, 5) is 12.0. The Labute approximate surface area is 107 Å². The summed E-state index contributed by atoms with van der Waals surface area (Å²) in [6.07, 6.45) is 4.44. The number of tetrazole rings is 1. The Hall–Kier alpha value is -3.03. The maximum atomic E-state index is 12.0. The van der Waals surface area contributed by atoms with Crippen molar-refractivity contribution in [3.05, 3.63) is 48.5 Å². The lowest BCUT2D eigenvalue weighted by atomic mass is 10.2. The first kappa shape index (κ1) is 11.1. The molecule has 0 atom stereocenters. The van der Waals surface area contributed by atoms with E-state index >= 15 is 0 Å². The number of H-pyrrole nitrogens is 1. The number of benzene rings is 1. The topological polar surface area (TPSA) is 101 Å². The van der Waals surface area contributed by atoms with Crippen LogP contribution >= 0.6 is 0 Å². The molecule has 0 saturated carbocycles. The normalized spacial score (nSPS) is 10.3. The van der Waals surface area contributed by atoms with Crippen LogP contribution < -0.4 is 5.32 Å². The number of aromatic nitrogens is 6. The van der Waals surface area contributed by atoms with Crippen LogP contribution in [0.3, 0.4) is 0 Å². The van der Waals surface area contributed by atoms with E-state index in [0.717, 1.165) is 0 Å². The first-order valence-corrected chi connectivity index (χ1v) is 5.47. The number of hydrogen-bond donors (Lipinski definition) is 2. The Kier molecular flexibility index (Phi) is 2.73. The van der Waals surface area contributed by atoms with Crippen molar-refractivity contribution in [1.82, 2.24) is 30.4 Å². The highest BCUT2D eigenvalue weighted by Gasteiger charge is 2.11. The second-order valence-electron chi connectivity index (χ2n) is 3.71. The van der Waals surface area contributed by atoms with Crippen molar-refractivity contribution in [3.63, 3.8) is 0 Å². The van der Waals surface area contributed by atoms with E-state index in [-0.39, 0.29) is 5.91 Å². The minimum absolute atomic E-state index is 0.255. The molecule has 0 aliphatic carbocycles. The van der Waals surface area contributed by atoms with Gasteiger partial charge in [-0.3, -0.25) is 9.89 Å². The van der Waals surface area contributed by atoms with E-state index in [2.05, 4.69) is 31.0 Å². The third-order valence-electron chi connectivity index (χ3n) is 2.51. The zero-order valence-corrected chi connectivity index (χ0v) is 9.69. The Bertz CT molecular complexity index is 675. The van der Waals surface area contributed by atoms with Gasteiger partial charge in [0.1, 0.15) is 6.33 Å². The first-order valence-electron chi connectivity index (χ1n) is 5.47. The van der Waals surface area contributed by atoms with Crippen molar-refractivity contribution in [1.29, 1.82) is 0 Å². The van der Waals surface area contributed by atoms with Gasteiger partial charge >= 0.3 is 0 Å². The molecule has 94 valence electrons. The zero-order valence-electron chi connectivity index (χ0n) is 9.69. The van der Waals surface area contributed by atoms with Gasteiger partial charge in [-0.15, -0.1) is 5.10 Å². The summed E-state index contributed by atoms with van der Waals surface area (Å²) in [5.74, 6) is -0.255. The molecule has 0 aliphatic rings. The lowest BCUT2D eigenvalue weighted by Crippen LogP contribution is -2.13. The van der Waals surface area contributed by atoms with Crippen LogP contribution in [0.15, 0.2) is 43.0 Å². The van der Waals surface area contributed by atoms with Crippen molar-refractivity contribution >= 4 is 11.6 Å². The van der Waals surface area contributed by atoms with Gasteiger partial charge in [-0.2, -0.15) is 9.78 Å². The molecule has 1 amide bonds. The standard InChI is InChI=1S/C11H9N7O/c19-11(8-5-12-13-6-8)15-9-3-1-2-4-10(9)18-7-14-16-17-18/h1-7H,(H,12,13)(H,15,19). The van der Waals surface area contributed by atoms with E-state index in [1.165, 1.54) is 23.4 Å². The van der Waals surface area contributed by atoms with Gasteiger partial charge in [0, 0.05) is 6.20 Å². The third-order valence-corrected chi connectivity index (χ3v) is 2.51. The van der Waals surface area contributed by atoms with Crippen molar-refractivity contribution in [3.8, 4) is 5.69 Å². The lowest BCUT2D eigenvalue weighted by molar-refractivity contribution is 0.102. The fourth-order valence-electron chi connectivity index (χ4n) is 1.62. The molecule has 8 nitrogen and oxygen atoms in total. The van der Waals surface area contributed by atoms with Gasteiger partial charge in [0.15, 0.2) is 0 Å². The molecular weight excluding hydrogens is 246 g/mol. The Balaban J connectivity index is 1.92. The summed E-state index contributed by atoms with van der Waals surface area (Å²) in [6.45, 7) is 0. The quantitative estimate of drug-likeness (QED) is 0.715. The molecule has 0 bridgehead atoms. The van der Waals surface area contributed by atoms with Gasteiger partial charge < -0.3 is 5.32 Å². The number of anilines is 1. The Morgan fingerprint density at radius 3 is 2.95 bits per heavy atom. The molecule has 19 heavy (non-hydrogen) atoms. The molecule has 0 radical (unpaired) electrons. The maximum Gasteiger partial charge on any atom is 0.258 e. The van der Waals surface area contributed by atoms with Crippen molar-refractivity contribution in [2.75, 3.05) is 5.32 Å². The summed E-state index contributed by atoms with van der Waals surface area (Å²) in [6, 6.07) is 7.24. The number of hydrogen-bond acceptors (Lipinski definition) is 5. The van der Waals surface area contributed by atoms with E-state index in [0.29, 0.717) is 16.9 Å². The molecule has 3 rings (SSSR count). The number of rotatable bonds is 3. The SMILES string of the molecule is O=C(Nc1ccccc1-n1cnnn1)c1cn[nH]c1. The Morgan fingerprint density at radius 1 is 1.32 bits per heavy atom. The van der Waals surface area contributed by atoms with Crippen LogP contribution in [0.5, 0.6) is 0 Å². The highest BCUT2D eigenvalue weighted by atomic mass is 16.1. The maximum absolute atomic E-state index is 12.0. The molecule has 0 saturated heterocycles. The van der Waals surface area contributed by atoms with Crippen LogP contribution in [0.4, 0.5) is 5.69 Å². The summed E-state index contributed by atoms with van der Waals surface area (Å²) in [5.41, 5.74) is 1.75. The number of carbonyl (C=O) groups excluding carboxylic acids is 1. The van der Waals surface area contributed by atoms with Crippen molar-refractivity contribution < 1.29 is 4.79 Å². The second kappa shape index (κ2) is 4.69. The molecule has 3 aromatic rings. The summed E-state index contributed by atoms with van der Waals surface area (Å²) in [7, 11) is 0. The number of amides is 1. The van der Waals surface area contributed by atoms with Crippen LogP contribution in [0.2, 0.25) is 0 Å². The second-order valence-corrected chi connectivity index (χ2v) is 3.71. The van der Waals surface area contributed by atoms with Gasteiger partial charge in [-0.25, -0.2) is 0 Å². The van der Waals surface area contributed by atoms with E-state index < -0.39 is 0 Å². The van der Waals surface area contributed by atoms with Gasteiger partial charge in [0.25, 0.3) is 5.91 Å². The van der Waals surface area contributed by atoms with Crippen LogP contribution in [0.1, 0.15) is 10.4 Å². The number of para-hydroxylation sites is 2. The molecule has 2 N–H and O–H groups in total. The fraction of sp³-hybridized carbons (Fsp3) is 0. The number of carbonyl (C=O) groups is 1. The largest absolute Gasteiger partial charge is 0.320 e. The monoisotopic (exact) mass is 255 g/mol. The molecular formula is C11H9N7O. The van der Waals surface area contributed by atoms with Crippen LogP contribution in [-0.2, 0) is 0 Å². The molecule has 1 aromatic carbocycles. The highest BCUT2D eigenvalue weighted by molar-refractivity contribution is 6.04. The number of nitrogens with zero attached hydrogens (tertiary/aromatic N) is 5. The minimum Gasteiger partial charge on any atom is -0.320 e. The molecule has 2 aromatic heterocycles. The smallest absolute Gasteiger partial charge is 0.258 e. The van der Waals surface area contributed by atoms with Crippen LogP contribution in [0, 0.1) is 0 Å². The average Bonchev–Trinajstić information content (AvgIpc) is 3.13. The summed E-state index contributed by atoms with van der Waals surface area (Å²) < 4.78 is 1.48. The van der Waals surface area contributed by atoms with E-state index in [9.17, 15) is 4.79 Å². The van der Waals surface area contributed by atoms with Crippen molar-refractivity contribution in [2.24, 2.45) is 0 Å². The van der Waals surface area contributed by atoms with Crippen LogP contribution in [-0.4, -0.2) is 36.3 Å². The third kappa shape index (κ3) is 2.18. The van der Waals surface area contributed by atoms with E-state index in [1.54, 1.807) is 12.1 Å². The fourth-order valence-corrected chi connectivity index (χ4v) is 1.62. The van der Waals surface area contributed by atoms with E-state index in [1.807, 2.05) is 12.1 Å². The van der Waals surface area contributed by atoms with Gasteiger partial charge in [0.05, 0.1) is 23.1 Å². The summed E-state index contributed by atoms with van der Waals surface area (Å²) in [5, 5.41) is 20.1. The molecule has 0 aliphatic heterocycles. The molecule has 0 fully saturated rings. The number of aromatic amines is 1. The minimum atomic E-state index is -0.255. The zero-order chi connectivity index (χ0) is 13.1. The summed E-state index contributed by atoms with van der Waals surface area (Å²) >= 11 is 0. The predicted octanol–water partition coefficient (Wildman–Crippen LogP) is 0.638. The Morgan fingerprint density at radius 2 is 2.21 bits per heavy atom. The number of nitrogens with one attached hydrogen (secondary N) is 2. The van der Waals surface area contributed by atoms with E-state index in [4.69, 9.17) is 0 Å². The van der Waals surface area contributed by atoms with Crippen LogP contribution in [0.25, 0.3) is 5.69 Å². The van der Waals surface area contributed by atoms with Gasteiger partial charge in [0.2, 0.25) is 0 Å². The molecule has 8 heteroatoms.